The molecule has 1 saturated carbocycles. The Balaban J connectivity index is 0.000000461. The summed E-state index contributed by atoms with van der Waals surface area (Å²) < 4.78 is 0. The lowest BCUT2D eigenvalue weighted by Gasteiger charge is -2.22. The fourth-order valence-electron chi connectivity index (χ4n) is 1.79. The summed E-state index contributed by atoms with van der Waals surface area (Å²) in [6.07, 6.45) is 6.26. The van der Waals surface area contributed by atoms with Crippen molar-refractivity contribution in [2.75, 3.05) is 13.7 Å². The minimum atomic E-state index is 0.131. The predicted molar refractivity (Wildman–Crippen MR) is 54.9 cm³/mol. The maximum Gasteiger partial charge on any atom is 0.238 e. The SMILES string of the molecule is CO.O=C(NC1CCCCC1)C1CN1. The second kappa shape index (κ2) is 5.98. The van der Waals surface area contributed by atoms with Crippen LogP contribution >= 0.6 is 0 Å². The van der Waals surface area contributed by atoms with Gasteiger partial charge in [-0.1, -0.05) is 19.3 Å². The summed E-state index contributed by atoms with van der Waals surface area (Å²) in [5, 5.41) is 13.1. The van der Waals surface area contributed by atoms with E-state index in [1.165, 1.54) is 32.1 Å². The molecule has 2 fully saturated rings. The highest BCUT2D eigenvalue weighted by Crippen LogP contribution is 2.17. The molecule has 0 aromatic rings. The molecule has 1 aliphatic heterocycles. The molecule has 1 saturated heterocycles. The smallest absolute Gasteiger partial charge is 0.238 e. The molecule has 0 radical (unpaired) electrons. The van der Waals surface area contributed by atoms with E-state index in [4.69, 9.17) is 5.11 Å². The molecule has 1 aliphatic carbocycles. The number of rotatable bonds is 2. The van der Waals surface area contributed by atoms with Crippen LogP contribution in [0.25, 0.3) is 0 Å². The lowest BCUT2D eigenvalue weighted by molar-refractivity contribution is -0.121. The Morgan fingerprint density at radius 3 is 2.36 bits per heavy atom. The van der Waals surface area contributed by atoms with E-state index in [2.05, 4.69) is 10.6 Å². The van der Waals surface area contributed by atoms with E-state index in [1.54, 1.807) is 0 Å². The highest BCUT2D eigenvalue weighted by molar-refractivity contribution is 5.84. The molecule has 1 atom stereocenters. The van der Waals surface area contributed by atoms with Crippen molar-refractivity contribution in [2.24, 2.45) is 0 Å². The third kappa shape index (κ3) is 3.64. The van der Waals surface area contributed by atoms with Gasteiger partial charge in [-0.05, 0) is 12.8 Å². The molecule has 0 spiro atoms. The number of aliphatic hydroxyl groups excluding tert-OH is 1. The summed E-state index contributed by atoms with van der Waals surface area (Å²) >= 11 is 0. The molecule has 3 N–H and O–H groups in total. The molecule has 1 amide bonds. The van der Waals surface area contributed by atoms with Crippen LogP contribution < -0.4 is 10.6 Å². The predicted octanol–water partition coefficient (Wildman–Crippen LogP) is 0.0156. The van der Waals surface area contributed by atoms with Gasteiger partial charge in [-0.3, -0.25) is 4.79 Å². The minimum Gasteiger partial charge on any atom is -0.400 e. The summed E-state index contributed by atoms with van der Waals surface area (Å²) in [7, 11) is 1.00. The van der Waals surface area contributed by atoms with E-state index < -0.39 is 0 Å². The number of hydrogen-bond donors (Lipinski definition) is 3. The van der Waals surface area contributed by atoms with E-state index in [-0.39, 0.29) is 11.9 Å². The van der Waals surface area contributed by atoms with Crippen molar-refractivity contribution in [3.8, 4) is 0 Å². The normalized spacial score (nSPS) is 26.0. The number of aliphatic hydroxyl groups is 1. The first-order valence-corrected chi connectivity index (χ1v) is 5.35. The monoisotopic (exact) mass is 200 g/mol. The van der Waals surface area contributed by atoms with E-state index in [0.29, 0.717) is 6.04 Å². The number of amides is 1. The Morgan fingerprint density at radius 2 is 1.86 bits per heavy atom. The third-order valence-electron chi connectivity index (χ3n) is 2.68. The standard InChI is InChI=1S/C9H16N2O.CH4O/c12-9(8-6-10-8)11-7-4-2-1-3-5-7;1-2/h7-8,10H,1-6H2,(H,11,12);2H,1H3. The van der Waals surface area contributed by atoms with Crippen LogP contribution in [-0.2, 0) is 4.79 Å². The van der Waals surface area contributed by atoms with Crippen LogP contribution in [-0.4, -0.2) is 36.8 Å². The Bertz CT molecular complexity index is 175. The lowest BCUT2D eigenvalue weighted by Crippen LogP contribution is -2.39. The molecule has 0 aromatic carbocycles. The molecule has 0 bridgehead atoms. The maximum atomic E-state index is 11.3. The van der Waals surface area contributed by atoms with Gasteiger partial charge in [0.25, 0.3) is 0 Å². The second-order valence-corrected chi connectivity index (χ2v) is 3.80. The lowest BCUT2D eigenvalue weighted by atomic mass is 9.95. The number of hydrogen-bond acceptors (Lipinski definition) is 3. The van der Waals surface area contributed by atoms with Crippen LogP contribution in [0.4, 0.5) is 0 Å². The molecule has 1 heterocycles. The first-order valence-electron chi connectivity index (χ1n) is 5.35. The molecule has 2 aliphatic rings. The average molecular weight is 200 g/mol. The van der Waals surface area contributed by atoms with Gasteiger partial charge in [0.2, 0.25) is 5.91 Å². The minimum absolute atomic E-state index is 0.131. The van der Waals surface area contributed by atoms with E-state index in [9.17, 15) is 4.79 Å². The zero-order valence-electron chi connectivity index (χ0n) is 8.75. The molecular formula is C10H20N2O2. The van der Waals surface area contributed by atoms with Gasteiger partial charge in [0.15, 0.2) is 0 Å². The summed E-state index contributed by atoms with van der Waals surface area (Å²) in [4.78, 5) is 11.3. The summed E-state index contributed by atoms with van der Waals surface area (Å²) in [5.41, 5.74) is 0. The van der Waals surface area contributed by atoms with Crippen molar-refractivity contribution in [2.45, 2.75) is 44.2 Å². The average Bonchev–Trinajstić information content (AvgIpc) is 3.05. The Kier molecular flexibility index (Phi) is 4.90. The zero-order chi connectivity index (χ0) is 10.4. The quantitative estimate of drug-likeness (QED) is 0.550. The van der Waals surface area contributed by atoms with Gasteiger partial charge in [0, 0.05) is 19.7 Å². The van der Waals surface area contributed by atoms with E-state index >= 15 is 0 Å². The first kappa shape index (κ1) is 11.5. The second-order valence-electron chi connectivity index (χ2n) is 3.80. The van der Waals surface area contributed by atoms with Gasteiger partial charge in [0.05, 0.1) is 6.04 Å². The van der Waals surface area contributed by atoms with Gasteiger partial charge < -0.3 is 15.7 Å². The third-order valence-corrected chi connectivity index (χ3v) is 2.68. The van der Waals surface area contributed by atoms with Crippen LogP contribution in [0.3, 0.4) is 0 Å². The van der Waals surface area contributed by atoms with Crippen LogP contribution in [0.15, 0.2) is 0 Å². The first-order chi connectivity index (χ1) is 6.86. The molecule has 82 valence electrons. The number of nitrogens with one attached hydrogen (secondary N) is 2. The Morgan fingerprint density at radius 1 is 1.29 bits per heavy atom. The summed E-state index contributed by atoms with van der Waals surface area (Å²) in [5.74, 6) is 0.210. The van der Waals surface area contributed by atoms with Crippen molar-refractivity contribution in [1.29, 1.82) is 0 Å². The van der Waals surface area contributed by atoms with Crippen molar-refractivity contribution < 1.29 is 9.90 Å². The van der Waals surface area contributed by atoms with Gasteiger partial charge in [-0.15, -0.1) is 0 Å². The largest absolute Gasteiger partial charge is 0.400 e. The van der Waals surface area contributed by atoms with E-state index in [0.717, 1.165) is 13.7 Å². The van der Waals surface area contributed by atoms with Crippen molar-refractivity contribution in [1.82, 2.24) is 10.6 Å². The van der Waals surface area contributed by atoms with Crippen molar-refractivity contribution in [3.05, 3.63) is 0 Å². The van der Waals surface area contributed by atoms with Crippen LogP contribution in [0.1, 0.15) is 32.1 Å². The molecule has 14 heavy (non-hydrogen) atoms. The van der Waals surface area contributed by atoms with Crippen LogP contribution in [0, 0.1) is 0 Å². The highest BCUT2D eigenvalue weighted by atomic mass is 16.2. The summed E-state index contributed by atoms with van der Waals surface area (Å²) in [6, 6.07) is 0.598. The topological polar surface area (TPSA) is 71.3 Å². The summed E-state index contributed by atoms with van der Waals surface area (Å²) in [6.45, 7) is 0.874. The molecule has 4 heteroatoms. The van der Waals surface area contributed by atoms with Crippen LogP contribution in [0.5, 0.6) is 0 Å². The van der Waals surface area contributed by atoms with Gasteiger partial charge in [0.1, 0.15) is 0 Å². The molecule has 0 aromatic heterocycles. The van der Waals surface area contributed by atoms with Gasteiger partial charge in [-0.2, -0.15) is 0 Å². The maximum absolute atomic E-state index is 11.3. The fraction of sp³-hybridized carbons (Fsp3) is 0.900. The molecule has 1 unspecified atom stereocenters. The molecular weight excluding hydrogens is 180 g/mol. The number of carbonyl (C=O) groups is 1. The van der Waals surface area contributed by atoms with Crippen LogP contribution in [0.2, 0.25) is 0 Å². The number of carbonyl (C=O) groups excluding carboxylic acids is 1. The van der Waals surface area contributed by atoms with Crippen molar-refractivity contribution >= 4 is 5.91 Å². The zero-order valence-corrected chi connectivity index (χ0v) is 8.75. The van der Waals surface area contributed by atoms with E-state index in [1.807, 2.05) is 0 Å². The highest BCUT2D eigenvalue weighted by Gasteiger charge is 2.30. The van der Waals surface area contributed by atoms with Crippen molar-refractivity contribution in [3.63, 3.8) is 0 Å². The Labute approximate surface area is 85.1 Å². The fourth-order valence-corrected chi connectivity index (χ4v) is 1.79. The molecule has 2 rings (SSSR count). The molecule has 4 nitrogen and oxygen atoms in total. The van der Waals surface area contributed by atoms with Gasteiger partial charge >= 0.3 is 0 Å². The van der Waals surface area contributed by atoms with Gasteiger partial charge in [-0.25, -0.2) is 0 Å². The Hall–Kier alpha value is -0.610.